The van der Waals surface area contributed by atoms with E-state index in [0.717, 1.165) is 27.8 Å². The van der Waals surface area contributed by atoms with Gasteiger partial charge in [0.2, 0.25) is 5.89 Å². The van der Waals surface area contributed by atoms with Crippen molar-refractivity contribution >= 4 is 29.2 Å². The van der Waals surface area contributed by atoms with E-state index in [-0.39, 0.29) is 5.97 Å². The van der Waals surface area contributed by atoms with Crippen LogP contribution in [0.1, 0.15) is 21.5 Å². The van der Waals surface area contributed by atoms with Gasteiger partial charge < -0.3 is 9.15 Å². The van der Waals surface area contributed by atoms with Crippen LogP contribution in [-0.2, 0) is 4.74 Å². The van der Waals surface area contributed by atoms with E-state index < -0.39 is 0 Å². The van der Waals surface area contributed by atoms with Crippen LogP contribution in [0.5, 0.6) is 0 Å². The Morgan fingerprint density at radius 2 is 1.67 bits per heavy atom. The van der Waals surface area contributed by atoms with Gasteiger partial charge in [-0.2, -0.15) is 0 Å². The van der Waals surface area contributed by atoms with Crippen molar-refractivity contribution in [2.75, 3.05) is 7.11 Å². The Kier molecular flexibility index (Phi) is 4.54. The summed E-state index contributed by atoms with van der Waals surface area (Å²) >= 11 is 0. The third kappa shape index (κ3) is 3.51. The highest BCUT2D eigenvalue weighted by Gasteiger charge is 2.09. The summed E-state index contributed by atoms with van der Waals surface area (Å²) in [4.78, 5) is 16.4. The van der Waals surface area contributed by atoms with Crippen LogP contribution in [0.4, 0.5) is 0 Å². The van der Waals surface area contributed by atoms with Crippen molar-refractivity contribution in [3.63, 3.8) is 0 Å². The number of nitrogens with zero attached hydrogens (tertiary/aromatic N) is 1. The maximum absolute atomic E-state index is 11.8. The number of methoxy groups -OCH3 is 1. The lowest BCUT2D eigenvalue weighted by molar-refractivity contribution is 0.0600. The fourth-order valence-electron chi connectivity index (χ4n) is 2.86. The van der Waals surface area contributed by atoms with E-state index in [1.165, 1.54) is 7.11 Å². The summed E-state index contributed by atoms with van der Waals surface area (Å²) in [6.45, 7) is 0. The molecule has 0 atom stereocenters. The van der Waals surface area contributed by atoms with E-state index in [9.17, 15) is 4.79 Å². The van der Waals surface area contributed by atoms with Gasteiger partial charge in [0.25, 0.3) is 0 Å². The van der Waals surface area contributed by atoms with E-state index in [1.807, 2.05) is 78.9 Å². The van der Waals surface area contributed by atoms with Crippen LogP contribution in [-0.4, -0.2) is 18.1 Å². The molecule has 0 N–H and O–H groups in total. The van der Waals surface area contributed by atoms with Gasteiger partial charge in [0.15, 0.2) is 5.58 Å². The lowest BCUT2D eigenvalue weighted by Crippen LogP contribution is -2.02. The van der Waals surface area contributed by atoms with Crippen molar-refractivity contribution in [3.8, 4) is 11.5 Å². The molecule has 0 aliphatic rings. The molecule has 0 aliphatic heterocycles. The SMILES string of the molecule is COC(=O)c1ccccc1C=Cc1ccc(-c2nc3ccccc3o2)cc1. The van der Waals surface area contributed by atoms with Gasteiger partial charge in [0.05, 0.1) is 12.7 Å². The van der Waals surface area contributed by atoms with Gasteiger partial charge >= 0.3 is 5.97 Å². The lowest BCUT2D eigenvalue weighted by atomic mass is 10.1. The molecule has 0 radical (unpaired) electrons. The van der Waals surface area contributed by atoms with Crippen LogP contribution in [0.3, 0.4) is 0 Å². The largest absolute Gasteiger partial charge is 0.465 e. The predicted molar refractivity (Wildman–Crippen MR) is 106 cm³/mol. The number of carbonyl (C=O) groups excluding carboxylic acids is 1. The van der Waals surface area contributed by atoms with Crippen LogP contribution in [0.15, 0.2) is 77.2 Å². The van der Waals surface area contributed by atoms with Gasteiger partial charge in [-0.3, -0.25) is 0 Å². The summed E-state index contributed by atoms with van der Waals surface area (Å²) in [5.74, 6) is 0.254. The Labute approximate surface area is 156 Å². The second kappa shape index (κ2) is 7.30. The first-order chi connectivity index (χ1) is 13.2. The van der Waals surface area contributed by atoms with Crippen molar-refractivity contribution in [3.05, 3.63) is 89.5 Å². The molecule has 4 heteroatoms. The third-order valence-electron chi connectivity index (χ3n) is 4.27. The molecule has 0 spiro atoms. The molecule has 1 aromatic heterocycles. The number of carbonyl (C=O) groups is 1. The summed E-state index contributed by atoms with van der Waals surface area (Å²) in [6, 6.07) is 23.0. The summed E-state index contributed by atoms with van der Waals surface area (Å²) in [7, 11) is 1.38. The standard InChI is InChI=1S/C23H17NO3/c1-26-23(25)19-7-3-2-6-17(19)13-10-16-11-14-18(15-12-16)22-24-20-8-4-5-9-21(20)27-22/h2-15H,1H3. The summed E-state index contributed by atoms with van der Waals surface area (Å²) < 4.78 is 10.6. The Bertz CT molecular complexity index is 1090. The average Bonchev–Trinajstić information content (AvgIpc) is 3.16. The topological polar surface area (TPSA) is 52.3 Å². The van der Waals surface area contributed by atoms with E-state index in [4.69, 9.17) is 9.15 Å². The van der Waals surface area contributed by atoms with Crippen LogP contribution in [0, 0.1) is 0 Å². The Morgan fingerprint density at radius 1 is 0.926 bits per heavy atom. The highest BCUT2D eigenvalue weighted by molar-refractivity contribution is 5.94. The normalized spacial score (nSPS) is 11.1. The van der Waals surface area contributed by atoms with Crippen LogP contribution >= 0.6 is 0 Å². The second-order valence-electron chi connectivity index (χ2n) is 6.02. The molecule has 4 aromatic rings. The first-order valence-corrected chi connectivity index (χ1v) is 8.56. The number of para-hydroxylation sites is 2. The van der Waals surface area contributed by atoms with Gasteiger partial charge in [-0.05, 0) is 41.5 Å². The van der Waals surface area contributed by atoms with Gasteiger partial charge in [-0.15, -0.1) is 0 Å². The zero-order valence-corrected chi connectivity index (χ0v) is 14.8. The molecule has 132 valence electrons. The van der Waals surface area contributed by atoms with E-state index in [0.29, 0.717) is 11.5 Å². The number of rotatable bonds is 4. The zero-order valence-electron chi connectivity index (χ0n) is 14.8. The van der Waals surface area contributed by atoms with Crippen LogP contribution in [0.25, 0.3) is 34.7 Å². The smallest absolute Gasteiger partial charge is 0.338 e. The van der Waals surface area contributed by atoms with Crippen molar-refractivity contribution in [2.45, 2.75) is 0 Å². The number of benzene rings is 3. The third-order valence-corrected chi connectivity index (χ3v) is 4.27. The molecule has 0 saturated heterocycles. The molecule has 4 nitrogen and oxygen atoms in total. The van der Waals surface area contributed by atoms with Crippen LogP contribution < -0.4 is 0 Å². The highest BCUT2D eigenvalue weighted by atomic mass is 16.5. The molecule has 0 amide bonds. The molecule has 0 unspecified atom stereocenters. The number of hydrogen-bond donors (Lipinski definition) is 0. The summed E-state index contributed by atoms with van der Waals surface area (Å²) in [6.07, 6.45) is 3.86. The zero-order chi connectivity index (χ0) is 18.6. The van der Waals surface area contributed by atoms with Crippen molar-refractivity contribution < 1.29 is 13.9 Å². The van der Waals surface area contributed by atoms with Crippen molar-refractivity contribution in [1.29, 1.82) is 0 Å². The summed E-state index contributed by atoms with van der Waals surface area (Å²) in [5, 5.41) is 0. The molecule has 1 heterocycles. The Morgan fingerprint density at radius 3 is 2.44 bits per heavy atom. The first kappa shape index (κ1) is 16.8. The predicted octanol–water partition coefficient (Wildman–Crippen LogP) is 5.45. The molecule has 27 heavy (non-hydrogen) atoms. The second-order valence-corrected chi connectivity index (χ2v) is 6.02. The van der Waals surface area contributed by atoms with E-state index in [1.54, 1.807) is 6.07 Å². The maximum atomic E-state index is 11.8. The maximum Gasteiger partial charge on any atom is 0.338 e. The lowest BCUT2D eigenvalue weighted by Gasteiger charge is -2.03. The molecule has 0 bridgehead atoms. The van der Waals surface area contributed by atoms with Gasteiger partial charge in [0.1, 0.15) is 5.52 Å². The fourth-order valence-corrected chi connectivity index (χ4v) is 2.86. The summed E-state index contributed by atoms with van der Waals surface area (Å²) in [5.41, 5.74) is 4.89. The minimum Gasteiger partial charge on any atom is -0.465 e. The monoisotopic (exact) mass is 355 g/mol. The van der Waals surface area contributed by atoms with Gasteiger partial charge in [-0.25, -0.2) is 9.78 Å². The number of fused-ring (bicyclic) bond motifs is 1. The molecule has 3 aromatic carbocycles. The number of esters is 1. The molecule has 0 fully saturated rings. The molecular formula is C23H17NO3. The van der Waals surface area contributed by atoms with E-state index in [2.05, 4.69) is 4.98 Å². The molecular weight excluding hydrogens is 338 g/mol. The van der Waals surface area contributed by atoms with Crippen molar-refractivity contribution in [1.82, 2.24) is 4.98 Å². The molecule has 0 aliphatic carbocycles. The number of hydrogen-bond acceptors (Lipinski definition) is 4. The molecule has 4 rings (SSSR count). The number of aromatic nitrogens is 1. The minimum atomic E-state index is -0.346. The average molecular weight is 355 g/mol. The van der Waals surface area contributed by atoms with Gasteiger partial charge in [-0.1, -0.05) is 54.6 Å². The quantitative estimate of drug-likeness (QED) is 0.361. The first-order valence-electron chi connectivity index (χ1n) is 8.56. The molecule has 0 saturated carbocycles. The Hall–Kier alpha value is -3.66. The minimum absolute atomic E-state index is 0.346. The van der Waals surface area contributed by atoms with Gasteiger partial charge in [0, 0.05) is 5.56 Å². The fraction of sp³-hybridized carbons (Fsp3) is 0.0435. The highest BCUT2D eigenvalue weighted by Crippen LogP contribution is 2.24. The number of oxazole rings is 1. The van der Waals surface area contributed by atoms with E-state index >= 15 is 0 Å². The number of ether oxygens (including phenoxy) is 1. The Balaban J connectivity index is 1.58. The van der Waals surface area contributed by atoms with Crippen molar-refractivity contribution in [2.24, 2.45) is 0 Å². The van der Waals surface area contributed by atoms with Crippen LogP contribution in [0.2, 0.25) is 0 Å².